The molecular weight excluding hydrogens is 396 g/mol. The first kappa shape index (κ1) is 17.5. The molecule has 2 aromatic rings. The van der Waals surface area contributed by atoms with Gasteiger partial charge in [0.2, 0.25) is 0 Å². The summed E-state index contributed by atoms with van der Waals surface area (Å²) >= 11 is 9.92. The average molecular weight is 420 g/mol. The summed E-state index contributed by atoms with van der Waals surface area (Å²) in [6, 6.07) is 8.73. The number of hydrogen-bond donors (Lipinski definition) is 1. The van der Waals surface area contributed by atoms with Crippen molar-refractivity contribution in [3.8, 4) is 0 Å². The quantitative estimate of drug-likeness (QED) is 0.708. The second-order valence-corrected chi connectivity index (χ2v) is 8.82. The maximum absolute atomic E-state index is 6.31. The Morgan fingerprint density at radius 1 is 1.16 bits per heavy atom. The fourth-order valence-electron chi connectivity index (χ4n) is 4.66. The summed E-state index contributed by atoms with van der Waals surface area (Å²) < 4.78 is 1.07. The van der Waals surface area contributed by atoms with Crippen molar-refractivity contribution in [2.24, 2.45) is 11.8 Å². The van der Waals surface area contributed by atoms with E-state index in [0.717, 1.165) is 41.3 Å². The first-order valence-corrected chi connectivity index (χ1v) is 10.4. The Kier molecular flexibility index (Phi) is 5.17. The monoisotopic (exact) mass is 418 g/mol. The van der Waals surface area contributed by atoms with Gasteiger partial charge in [0.15, 0.2) is 0 Å². The molecular formula is C21H24BrClN2. The normalized spacial score (nSPS) is 22.0. The number of aryl methyl sites for hydroxylation is 2. The van der Waals surface area contributed by atoms with Gasteiger partial charge in [-0.05, 0) is 101 Å². The van der Waals surface area contributed by atoms with Crippen LogP contribution in [0.5, 0.6) is 0 Å². The summed E-state index contributed by atoms with van der Waals surface area (Å²) in [4.78, 5) is 4.90. The van der Waals surface area contributed by atoms with Crippen LogP contribution >= 0.6 is 27.5 Å². The number of aromatic nitrogens is 1. The van der Waals surface area contributed by atoms with Crippen molar-refractivity contribution in [3.05, 3.63) is 62.3 Å². The third kappa shape index (κ3) is 3.51. The van der Waals surface area contributed by atoms with Crippen LogP contribution in [0.15, 0.2) is 34.9 Å². The minimum absolute atomic E-state index is 0.362. The number of rotatable bonds is 2. The summed E-state index contributed by atoms with van der Waals surface area (Å²) in [5.74, 6) is 1.68. The van der Waals surface area contributed by atoms with Crippen LogP contribution in [0.4, 0.5) is 0 Å². The molecule has 0 saturated carbocycles. The van der Waals surface area contributed by atoms with Crippen LogP contribution < -0.4 is 5.32 Å². The van der Waals surface area contributed by atoms with Crippen LogP contribution in [0.1, 0.15) is 48.1 Å². The van der Waals surface area contributed by atoms with Crippen molar-refractivity contribution in [1.82, 2.24) is 10.3 Å². The van der Waals surface area contributed by atoms with Crippen LogP contribution in [0, 0.1) is 11.8 Å². The Bertz CT molecular complexity index is 717. The maximum Gasteiger partial charge on any atom is 0.0514 e. The van der Waals surface area contributed by atoms with Crippen molar-refractivity contribution in [2.45, 2.75) is 38.5 Å². The molecule has 0 bridgehead atoms. The van der Waals surface area contributed by atoms with Crippen LogP contribution in [0.2, 0.25) is 5.02 Å². The topological polar surface area (TPSA) is 24.9 Å². The Hall–Kier alpha value is -0.900. The van der Waals surface area contributed by atoms with Crippen molar-refractivity contribution in [3.63, 3.8) is 0 Å². The number of halogens is 2. The molecule has 1 fully saturated rings. The molecule has 2 atom stereocenters. The standard InChI is InChI=1S/C21H24BrClN2/c1-13(14-6-8-24-9-7-14)20-19-5-4-18(23)11-15(19)2-3-16-10-17(22)12-25-21(16)20/h4-5,10-14,20,24H,2-3,6-9H2,1H3. The van der Waals surface area contributed by atoms with Crippen molar-refractivity contribution in [1.29, 1.82) is 0 Å². The minimum atomic E-state index is 0.362. The molecule has 132 valence electrons. The second-order valence-electron chi connectivity index (χ2n) is 7.47. The van der Waals surface area contributed by atoms with Gasteiger partial charge in [-0.2, -0.15) is 0 Å². The molecule has 0 amide bonds. The zero-order chi connectivity index (χ0) is 17.4. The fourth-order valence-corrected chi connectivity index (χ4v) is 5.23. The zero-order valence-corrected chi connectivity index (χ0v) is 16.9. The predicted octanol–water partition coefficient (Wildman–Crippen LogP) is 5.36. The molecule has 1 aliphatic carbocycles. The van der Waals surface area contributed by atoms with Gasteiger partial charge in [0.25, 0.3) is 0 Å². The van der Waals surface area contributed by atoms with E-state index in [9.17, 15) is 0 Å². The molecule has 1 aromatic carbocycles. The number of nitrogens with zero attached hydrogens (tertiary/aromatic N) is 1. The van der Waals surface area contributed by atoms with Gasteiger partial charge in [-0.1, -0.05) is 24.6 Å². The second kappa shape index (κ2) is 7.38. The first-order valence-electron chi connectivity index (χ1n) is 9.27. The van der Waals surface area contributed by atoms with E-state index >= 15 is 0 Å². The number of fused-ring (bicyclic) bond motifs is 2. The van der Waals surface area contributed by atoms with Crippen LogP contribution in [0.3, 0.4) is 0 Å². The molecule has 1 aromatic heterocycles. The fraction of sp³-hybridized carbons (Fsp3) is 0.476. The maximum atomic E-state index is 6.31. The van der Waals surface area contributed by atoms with E-state index in [2.05, 4.69) is 46.4 Å². The van der Waals surface area contributed by atoms with Crippen LogP contribution in [-0.2, 0) is 12.8 Å². The lowest BCUT2D eigenvalue weighted by molar-refractivity contribution is 0.253. The lowest BCUT2D eigenvalue weighted by Gasteiger charge is -2.34. The summed E-state index contributed by atoms with van der Waals surface area (Å²) in [7, 11) is 0. The number of nitrogens with one attached hydrogen (secondary N) is 1. The zero-order valence-electron chi connectivity index (χ0n) is 14.6. The van der Waals surface area contributed by atoms with Crippen molar-refractivity contribution >= 4 is 27.5 Å². The molecule has 1 saturated heterocycles. The van der Waals surface area contributed by atoms with E-state index in [-0.39, 0.29) is 0 Å². The Balaban J connectivity index is 1.82. The molecule has 1 N–H and O–H groups in total. The highest BCUT2D eigenvalue weighted by Gasteiger charge is 2.34. The average Bonchev–Trinajstić information content (AvgIpc) is 2.78. The van der Waals surface area contributed by atoms with E-state index in [1.165, 1.54) is 35.2 Å². The van der Waals surface area contributed by atoms with Crippen LogP contribution in [0.25, 0.3) is 0 Å². The number of pyridine rings is 1. The van der Waals surface area contributed by atoms with E-state index in [1.54, 1.807) is 0 Å². The van der Waals surface area contributed by atoms with Crippen molar-refractivity contribution in [2.75, 3.05) is 13.1 Å². The van der Waals surface area contributed by atoms with E-state index in [0.29, 0.717) is 11.8 Å². The summed E-state index contributed by atoms with van der Waals surface area (Å²) in [6.45, 7) is 4.70. The number of benzene rings is 1. The predicted molar refractivity (Wildman–Crippen MR) is 107 cm³/mol. The molecule has 4 heteroatoms. The van der Waals surface area contributed by atoms with Gasteiger partial charge in [0.05, 0.1) is 5.69 Å². The molecule has 2 aliphatic rings. The van der Waals surface area contributed by atoms with Gasteiger partial charge in [-0.15, -0.1) is 0 Å². The van der Waals surface area contributed by atoms with Gasteiger partial charge in [-0.3, -0.25) is 4.98 Å². The highest BCUT2D eigenvalue weighted by atomic mass is 79.9. The Morgan fingerprint density at radius 2 is 1.92 bits per heavy atom. The summed E-state index contributed by atoms with van der Waals surface area (Å²) in [5, 5.41) is 4.34. The minimum Gasteiger partial charge on any atom is -0.317 e. The molecule has 25 heavy (non-hydrogen) atoms. The van der Waals surface area contributed by atoms with Gasteiger partial charge >= 0.3 is 0 Å². The lowest BCUT2D eigenvalue weighted by Crippen LogP contribution is -2.33. The smallest absolute Gasteiger partial charge is 0.0514 e. The lowest BCUT2D eigenvalue weighted by atomic mass is 9.73. The van der Waals surface area contributed by atoms with E-state index in [4.69, 9.17) is 16.6 Å². The number of piperidine rings is 1. The molecule has 1 aliphatic heterocycles. The molecule has 0 radical (unpaired) electrons. The highest BCUT2D eigenvalue weighted by molar-refractivity contribution is 9.10. The summed E-state index contributed by atoms with van der Waals surface area (Å²) in [6.07, 6.45) is 6.54. The molecule has 2 heterocycles. The van der Waals surface area contributed by atoms with Gasteiger partial charge in [0, 0.05) is 21.6 Å². The largest absolute Gasteiger partial charge is 0.317 e. The first-order chi connectivity index (χ1) is 12.1. The molecule has 2 nitrogen and oxygen atoms in total. The van der Waals surface area contributed by atoms with E-state index in [1.807, 2.05) is 12.3 Å². The Labute approximate surface area is 163 Å². The number of hydrogen-bond acceptors (Lipinski definition) is 2. The third-order valence-corrected chi connectivity index (χ3v) is 6.69. The molecule has 4 rings (SSSR count). The van der Waals surface area contributed by atoms with Crippen molar-refractivity contribution < 1.29 is 0 Å². The van der Waals surface area contributed by atoms with Gasteiger partial charge < -0.3 is 5.32 Å². The van der Waals surface area contributed by atoms with E-state index < -0.39 is 0 Å². The third-order valence-electron chi connectivity index (χ3n) is 6.02. The molecule has 0 spiro atoms. The van der Waals surface area contributed by atoms with Gasteiger partial charge in [0.1, 0.15) is 0 Å². The summed E-state index contributed by atoms with van der Waals surface area (Å²) in [5.41, 5.74) is 5.49. The highest BCUT2D eigenvalue weighted by Crippen LogP contribution is 2.43. The SMILES string of the molecule is CC(C1CCNCC1)C1c2ccc(Cl)cc2CCc2cc(Br)cnc21. The molecule has 2 unspecified atom stereocenters. The Morgan fingerprint density at radius 3 is 2.72 bits per heavy atom. The van der Waals surface area contributed by atoms with Crippen LogP contribution in [-0.4, -0.2) is 18.1 Å². The van der Waals surface area contributed by atoms with Gasteiger partial charge in [-0.25, -0.2) is 0 Å².